The molecule has 6 nitrogen and oxygen atoms in total. The third-order valence-corrected chi connectivity index (χ3v) is 4.56. The highest BCUT2D eigenvalue weighted by Gasteiger charge is 2.36. The molecule has 1 aliphatic heterocycles. The van der Waals surface area contributed by atoms with Crippen molar-refractivity contribution in [2.45, 2.75) is 0 Å². The summed E-state index contributed by atoms with van der Waals surface area (Å²) in [5.74, 6) is -0.796. The van der Waals surface area contributed by atoms with Gasteiger partial charge < -0.3 is 4.74 Å². The number of methoxy groups -OCH3 is 1. The van der Waals surface area contributed by atoms with E-state index in [0.29, 0.717) is 11.4 Å². The molecule has 0 spiro atoms. The SMILES string of the molecule is COc1ccc(N2C(=O)NC(=O)/C(=C\c3cccc4ccccc34)C2=O)cc1. The van der Waals surface area contributed by atoms with E-state index in [1.165, 1.54) is 13.2 Å². The van der Waals surface area contributed by atoms with E-state index in [1.807, 2.05) is 42.5 Å². The van der Waals surface area contributed by atoms with Crippen LogP contribution in [0.4, 0.5) is 10.5 Å². The summed E-state index contributed by atoms with van der Waals surface area (Å²) in [5, 5.41) is 4.13. The third-order valence-electron chi connectivity index (χ3n) is 4.56. The molecule has 0 aliphatic carbocycles. The number of hydrogen-bond acceptors (Lipinski definition) is 4. The normalized spacial score (nSPS) is 15.8. The molecular formula is C22H16N2O4. The molecule has 3 aromatic rings. The first-order valence-electron chi connectivity index (χ1n) is 8.62. The number of carbonyl (C=O) groups is 3. The zero-order valence-corrected chi connectivity index (χ0v) is 15.0. The van der Waals surface area contributed by atoms with Crippen LogP contribution in [0.25, 0.3) is 16.8 Å². The molecule has 0 aromatic heterocycles. The molecule has 1 N–H and O–H groups in total. The van der Waals surface area contributed by atoms with E-state index in [1.54, 1.807) is 24.3 Å². The molecule has 4 amide bonds. The maximum absolute atomic E-state index is 13.0. The Bertz CT molecular complexity index is 1130. The smallest absolute Gasteiger partial charge is 0.335 e. The molecule has 1 heterocycles. The van der Waals surface area contributed by atoms with E-state index in [4.69, 9.17) is 4.74 Å². The number of carbonyl (C=O) groups excluding carboxylic acids is 3. The topological polar surface area (TPSA) is 75.7 Å². The Kier molecular flexibility index (Phi) is 4.37. The van der Waals surface area contributed by atoms with E-state index < -0.39 is 17.8 Å². The van der Waals surface area contributed by atoms with E-state index in [2.05, 4.69) is 5.32 Å². The van der Waals surface area contributed by atoms with Crippen molar-refractivity contribution < 1.29 is 19.1 Å². The largest absolute Gasteiger partial charge is 0.497 e. The van der Waals surface area contributed by atoms with Gasteiger partial charge >= 0.3 is 6.03 Å². The number of fused-ring (bicyclic) bond motifs is 1. The first-order valence-corrected chi connectivity index (χ1v) is 8.62. The van der Waals surface area contributed by atoms with Gasteiger partial charge in [-0.1, -0.05) is 42.5 Å². The fourth-order valence-corrected chi connectivity index (χ4v) is 3.16. The van der Waals surface area contributed by atoms with Crippen LogP contribution in [0.1, 0.15) is 5.56 Å². The molecule has 0 atom stereocenters. The quantitative estimate of drug-likeness (QED) is 0.564. The van der Waals surface area contributed by atoms with Crippen LogP contribution in [0.15, 0.2) is 72.3 Å². The monoisotopic (exact) mass is 372 g/mol. The second-order valence-corrected chi connectivity index (χ2v) is 6.22. The molecule has 3 aromatic carbocycles. The van der Waals surface area contributed by atoms with Crippen LogP contribution in [-0.2, 0) is 9.59 Å². The lowest BCUT2D eigenvalue weighted by Gasteiger charge is -2.26. The number of anilines is 1. The van der Waals surface area contributed by atoms with E-state index in [0.717, 1.165) is 21.2 Å². The van der Waals surface area contributed by atoms with Gasteiger partial charge in [-0.2, -0.15) is 0 Å². The van der Waals surface area contributed by atoms with Gasteiger partial charge in [-0.15, -0.1) is 0 Å². The molecule has 138 valence electrons. The maximum atomic E-state index is 13.0. The molecule has 4 rings (SSSR count). The van der Waals surface area contributed by atoms with Gasteiger partial charge in [0.25, 0.3) is 11.8 Å². The van der Waals surface area contributed by atoms with Gasteiger partial charge in [-0.25, -0.2) is 9.69 Å². The average Bonchev–Trinajstić information content (AvgIpc) is 2.71. The minimum absolute atomic E-state index is 0.105. The third kappa shape index (κ3) is 3.01. The number of urea groups is 1. The summed E-state index contributed by atoms with van der Waals surface area (Å²) in [7, 11) is 1.53. The van der Waals surface area contributed by atoms with Crippen LogP contribution in [0.2, 0.25) is 0 Å². The van der Waals surface area contributed by atoms with Crippen molar-refractivity contribution in [3.8, 4) is 5.75 Å². The van der Waals surface area contributed by atoms with Crippen molar-refractivity contribution in [3.63, 3.8) is 0 Å². The Morgan fingerprint density at radius 3 is 2.36 bits per heavy atom. The highest BCUT2D eigenvalue weighted by Crippen LogP contribution is 2.26. The molecule has 0 unspecified atom stereocenters. The van der Waals surface area contributed by atoms with Crippen molar-refractivity contribution in [1.29, 1.82) is 0 Å². The standard InChI is InChI=1S/C22H16N2O4/c1-28-17-11-9-16(10-12-17)24-21(26)19(20(25)23-22(24)27)13-15-7-4-6-14-5-2-3-8-18(14)15/h2-13H,1H3,(H,23,25,27)/b19-13+. The minimum Gasteiger partial charge on any atom is -0.497 e. The van der Waals surface area contributed by atoms with Crippen LogP contribution in [-0.4, -0.2) is 25.0 Å². The Morgan fingerprint density at radius 1 is 0.893 bits per heavy atom. The van der Waals surface area contributed by atoms with E-state index in [-0.39, 0.29) is 5.57 Å². The Morgan fingerprint density at radius 2 is 1.61 bits per heavy atom. The number of nitrogens with one attached hydrogen (secondary N) is 1. The molecule has 1 fully saturated rings. The highest BCUT2D eigenvalue weighted by atomic mass is 16.5. The lowest BCUT2D eigenvalue weighted by molar-refractivity contribution is -0.122. The first-order chi connectivity index (χ1) is 13.6. The van der Waals surface area contributed by atoms with Gasteiger partial charge in [-0.05, 0) is 46.7 Å². The Hall–Kier alpha value is -3.93. The molecule has 28 heavy (non-hydrogen) atoms. The first kappa shape index (κ1) is 17.5. The van der Waals surface area contributed by atoms with Crippen LogP contribution in [0.5, 0.6) is 5.75 Å². The zero-order chi connectivity index (χ0) is 19.7. The number of hydrogen-bond donors (Lipinski definition) is 1. The number of barbiturate groups is 1. The molecular weight excluding hydrogens is 356 g/mol. The molecule has 1 saturated heterocycles. The summed E-state index contributed by atoms with van der Waals surface area (Å²) in [6.07, 6.45) is 1.52. The van der Waals surface area contributed by atoms with Crippen molar-refractivity contribution in [2.24, 2.45) is 0 Å². The van der Waals surface area contributed by atoms with Crippen LogP contribution >= 0.6 is 0 Å². The molecule has 0 saturated carbocycles. The summed E-state index contributed by atoms with van der Waals surface area (Å²) in [5.41, 5.74) is 0.965. The van der Waals surface area contributed by atoms with Crippen LogP contribution in [0, 0.1) is 0 Å². The van der Waals surface area contributed by atoms with Gasteiger partial charge in [-0.3, -0.25) is 14.9 Å². The summed E-state index contributed by atoms with van der Waals surface area (Å²) < 4.78 is 5.10. The fraction of sp³-hybridized carbons (Fsp3) is 0.0455. The zero-order valence-electron chi connectivity index (χ0n) is 15.0. The number of benzene rings is 3. The molecule has 6 heteroatoms. The van der Waals surface area contributed by atoms with Crippen molar-refractivity contribution in [3.05, 3.63) is 77.9 Å². The molecule has 1 aliphatic rings. The Labute approximate surface area is 161 Å². The van der Waals surface area contributed by atoms with Gasteiger partial charge in [0.15, 0.2) is 0 Å². The molecule has 0 radical (unpaired) electrons. The predicted molar refractivity (Wildman–Crippen MR) is 106 cm³/mol. The van der Waals surface area contributed by atoms with Gasteiger partial charge in [0, 0.05) is 0 Å². The van der Waals surface area contributed by atoms with Crippen molar-refractivity contribution >= 4 is 40.4 Å². The fourth-order valence-electron chi connectivity index (χ4n) is 3.16. The predicted octanol–water partition coefficient (Wildman–Crippen LogP) is 3.51. The number of amides is 4. The maximum Gasteiger partial charge on any atom is 0.335 e. The van der Waals surface area contributed by atoms with Gasteiger partial charge in [0.2, 0.25) is 0 Å². The van der Waals surface area contributed by atoms with Crippen molar-refractivity contribution in [1.82, 2.24) is 5.32 Å². The number of ether oxygens (including phenoxy) is 1. The average molecular weight is 372 g/mol. The Balaban J connectivity index is 1.77. The highest BCUT2D eigenvalue weighted by molar-refractivity contribution is 6.39. The summed E-state index contributed by atoms with van der Waals surface area (Å²) in [6.45, 7) is 0. The lowest BCUT2D eigenvalue weighted by Crippen LogP contribution is -2.54. The van der Waals surface area contributed by atoms with Gasteiger partial charge in [0.05, 0.1) is 12.8 Å². The second kappa shape index (κ2) is 7.00. The summed E-state index contributed by atoms with van der Waals surface area (Å²) >= 11 is 0. The van der Waals surface area contributed by atoms with E-state index in [9.17, 15) is 14.4 Å². The van der Waals surface area contributed by atoms with Crippen LogP contribution in [0.3, 0.4) is 0 Å². The summed E-state index contributed by atoms with van der Waals surface area (Å²) in [6, 6.07) is 19.0. The number of rotatable bonds is 3. The second-order valence-electron chi connectivity index (χ2n) is 6.22. The lowest BCUT2D eigenvalue weighted by atomic mass is 10.0. The van der Waals surface area contributed by atoms with Crippen LogP contribution < -0.4 is 15.0 Å². The van der Waals surface area contributed by atoms with Crippen molar-refractivity contribution in [2.75, 3.05) is 12.0 Å². The minimum atomic E-state index is -0.782. The van der Waals surface area contributed by atoms with E-state index >= 15 is 0 Å². The molecule has 0 bridgehead atoms. The summed E-state index contributed by atoms with van der Waals surface area (Å²) in [4.78, 5) is 38.6. The number of imide groups is 2. The van der Waals surface area contributed by atoms with Gasteiger partial charge in [0.1, 0.15) is 11.3 Å². The number of nitrogens with zero attached hydrogens (tertiary/aromatic N) is 1.